The van der Waals surface area contributed by atoms with E-state index in [1.807, 2.05) is 6.07 Å². The highest BCUT2D eigenvalue weighted by atomic mass is 16.5. The van der Waals surface area contributed by atoms with Crippen LogP contribution < -0.4 is 16.0 Å². The number of carbonyl (C=O) groups is 1. The summed E-state index contributed by atoms with van der Waals surface area (Å²) in [5.41, 5.74) is 10.5. The summed E-state index contributed by atoms with van der Waals surface area (Å²) < 4.78 is 5.44. The number of aliphatic imine (C=N–C) groups is 1. The minimum absolute atomic E-state index is 0.117. The molecule has 0 bridgehead atoms. The van der Waals surface area contributed by atoms with Gasteiger partial charge in [-0.1, -0.05) is 6.07 Å². The third-order valence-corrected chi connectivity index (χ3v) is 6.30. The summed E-state index contributed by atoms with van der Waals surface area (Å²) >= 11 is 0. The van der Waals surface area contributed by atoms with Crippen LogP contribution in [0, 0.1) is 0 Å². The first-order valence-electron chi connectivity index (χ1n) is 12.3. The Morgan fingerprint density at radius 3 is 2.97 bits per heavy atom. The van der Waals surface area contributed by atoms with E-state index in [2.05, 4.69) is 27.3 Å². The van der Waals surface area contributed by atoms with E-state index >= 15 is 0 Å². The van der Waals surface area contributed by atoms with Gasteiger partial charge in [0.1, 0.15) is 5.82 Å². The molecule has 4 heterocycles. The average molecular weight is 479 g/mol. The summed E-state index contributed by atoms with van der Waals surface area (Å²) in [6.45, 7) is 3.87. The van der Waals surface area contributed by atoms with Gasteiger partial charge >= 0.3 is 5.97 Å². The number of carboxylic acids is 1. The van der Waals surface area contributed by atoms with Gasteiger partial charge in [0.05, 0.1) is 37.6 Å². The SMILES string of the molecule is N/C=C\C(CCCc1ccc2c(n1)NCCC2)=NC(CC(=O)O)c1cncc(N2CCOCC2)c1. The Morgan fingerprint density at radius 1 is 1.31 bits per heavy atom. The molecule has 2 aliphatic rings. The Balaban J connectivity index is 1.47. The lowest BCUT2D eigenvalue weighted by atomic mass is 10.0. The maximum Gasteiger partial charge on any atom is 0.305 e. The molecule has 0 spiro atoms. The summed E-state index contributed by atoms with van der Waals surface area (Å²) in [5.74, 6) is 0.0935. The molecule has 0 radical (unpaired) electrons. The van der Waals surface area contributed by atoms with E-state index in [0.29, 0.717) is 19.6 Å². The molecule has 0 aliphatic carbocycles. The van der Waals surface area contributed by atoms with E-state index in [4.69, 9.17) is 20.4 Å². The monoisotopic (exact) mass is 478 g/mol. The number of nitrogens with two attached hydrogens (primary N) is 1. The number of aliphatic carboxylic acids is 1. The lowest BCUT2D eigenvalue weighted by Crippen LogP contribution is -2.36. The van der Waals surface area contributed by atoms with Gasteiger partial charge in [-0.15, -0.1) is 0 Å². The van der Waals surface area contributed by atoms with Crippen molar-refractivity contribution in [3.8, 4) is 0 Å². The van der Waals surface area contributed by atoms with Crippen LogP contribution in [0.25, 0.3) is 0 Å². The number of carboxylic acid groups (broad SMARTS) is 1. The second-order valence-corrected chi connectivity index (χ2v) is 8.86. The van der Waals surface area contributed by atoms with E-state index in [-0.39, 0.29) is 6.42 Å². The van der Waals surface area contributed by atoms with Crippen molar-refractivity contribution in [2.45, 2.75) is 44.6 Å². The molecule has 4 rings (SSSR count). The third-order valence-electron chi connectivity index (χ3n) is 6.30. The van der Waals surface area contributed by atoms with Gasteiger partial charge in [-0.2, -0.15) is 0 Å². The van der Waals surface area contributed by atoms with Crippen molar-refractivity contribution in [3.63, 3.8) is 0 Å². The number of allylic oxidation sites excluding steroid dienone is 1. The summed E-state index contributed by atoms with van der Waals surface area (Å²) in [6, 6.07) is 5.70. The van der Waals surface area contributed by atoms with E-state index in [1.54, 1.807) is 18.5 Å². The van der Waals surface area contributed by atoms with Crippen LogP contribution in [0.5, 0.6) is 0 Å². The summed E-state index contributed by atoms with van der Waals surface area (Å²) in [5, 5.41) is 12.9. The molecule has 0 amide bonds. The number of nitrogens with zero attached hydrogens (tertiary/aromatic N) is 4. The fourth-order valence-corrected chi connectivity index (χ4v) is 4.49. The van der Waals surface area contributed by atoms with E-state index in [9.17, 15) is 9.90 Å². The first-order chi connectivity index (χ1) is 17.1. The third kappa shape index (κ3) is 7.02. The number of morpholine rings is 1. The Morgan fingerprint density at radius 2 is 2.17 bits per heavy atom. The highest BCUT2D eigenvalue weighted by Gasteiger charge is 2.19. The average Bonchev–Trinajstić information content (AvgIpc) is 2.88. The molecule has 1 atom stereocenters. The zero-order valence-electron chi connectivity index (χ0n) is 20.0. The Hall–Kier alpha value is -3.46. The normalized spacial score (nSPS) is 17.1. The molecule has 35 heavy (non-hydrogen) atoms. The number of ether oxygens (including phenoxy) is 1. The number of rotatable bonds is 10. The zero-order valence-corrected chi connectivity index (χ0v) is 20.0. The molecule has 1 fully saturated rings. The Labute approximate surface area is 206 Å². The quantitative estimate of drug-likeness (QED) is 0.445. The van der Waals surface area contributed by atoms with Gasteiger partial charge in [-0.05, 0) is 67.6 Å². The van der Waals surface area contributed by atoms with Crippen LogP contribution in [0.15, 0.2) is 47.9 Å². The summed E-state index contributed by atoms with van der Waals surface area (Å²) in [4.78, 5) is 27.8. The molecule has 1 unspecified atom stereocenters. The number of hydrogen-bond acceptors (Lipinski definition) is 8. The van der Waals surface area contributed by atoms with E-state index in [1.165, 1.54) is 11.8 Å². The zero-order chi connectivity index (χ0) is 24.5. The van der Waals surface area contributed by atoms with Crippen molar-refractivity contribution in [2.24, 2.45) is 10.7 Å². The summed E-state index contributed by atoms with van der Waals surface area (Å²) in [7, 11) is 0. The lowest BCUT2D eigenvalue weighted by Gasteiger charge is -2.29. The second kappa shape index (κ2) is 12.3. The predicted octanol–water partition coefficient (Wildman–Crippen LogP) is 3.12. The van der Waals surface area contributed by atoms with Gasteiger partial charge in [0.25, 0.3) is 0 Å². The molecule has 4 N–H and O–H groups in total. The van der Waals surface area contributed by atoms with Crippen molar-refractivity contribution in [2.75, 3.05) is 43.1 Å². The van der Waals surface area contributed by atoms with Crippen LogP contribution in [0.3, 0.4) is 0 Å². The first kappa shape index (κ1) is 24.7. The minimum atomic E-state index is -0.905. The topological polar surface area (TPSA) is 126 Å². The smallest absolute Gasteiger partial charge is 0.305 e. The van der Waals surface area contributed by atoms with Gasteiger partial charge < -0.3 is 25.8 Å². The molecule has 1 saturated heterocycles. The number of aryl methyl sites for hydroxylation is 2. The number of anilines is 2. The van der Waals surface area contributed by atoms with Crippen LogP contribution in [-0.4, -0.2) is 59.6 Å². The lowest BCUT2D eigenvalue weighted by molar-refractivity contribution is -0.137. The van der Waals surface area contributed by atoms with Crippen LogP contribution in [0.1, 0.15) is 48.5 Å². The van der Waals surface area contributed by atoms with Crippen molar-refractivity contribution in [1.82, 2.24) is 9.97 Å². The standard InChI is InChI=1S/C26H34N6O3/c27-9-8-22(5-1-4-21-7-6-19-3-2-10-29-26(19)31-21)30-24(16-25(33)34)20-15-23(18-28-17-20)32-11-13-35-14-12-32/h6-9,15,17-18,24H,1-5,10-14,16,27H2,(H,29,31)(H,33,34)/b9-8-,30-22?. The fraction of sp³-hybridized carbons (Fsp3) is 0.462. The molecule has 2 aromatic heterocycles. The van der Waals surface area contributed by atoms with Crippen LogP contribution in [0.4, 0.5) is 11.5 Å². The molecule has 2 aromatic rings. The maximum atomic E-state index is 11.7. The summed E-state index contributed by atoms with van der Waals surface area (Å²) in [6.07, 6.45) is 11.1. The van der Waals surface area contributed by atoms with Gasteiger partial charge in [0.15, 0.2) is 0 Å². The number of aromatic nitrogens is 2. The van der Waals surface area contributed by atoms with Crippen LogP contribution >= 0.6 is 0 Å². The molecular formula is C26H34N6O3. The molecule has 2 aliphatic heterocycles. The molecular weight excluding hydrogens is 444 g/mol. The molecule has 9 nitrogen and oxygen atoms in total. The molecule has 0 saturated carbocycles. The fourth-order valence-electron chi connectivity index (χ4n) is 4.49. The van der Waals surface area contributed by atoms with Gasteiger partial charge in [-0.3, -0.25) is 14.8 Å². The highest BCUT2D eigenvalue weighted by Crippen LogP contribution is 2.26. The van der Waals surface area contributed by atoms with Crippen molar-refractivity contribution in [1.29, 1.82) is 0 Å². The molecule has 0 aromatic carbocycles. The number of pyridine rings is 2. The minimum Gasteiger partial charge on any atom is -0.481 e. The predicted molar refractivity (Wildman–Crippen MR) is 137 cm³/mol. The van der Waals surface area contributed by atoms with Crippen molar-refractivity contribution >= 4 is 23.2 Å². The number of fused-ring (bicyclic) bond motifs is 1. The molecule has 9 heteroatoms. The van der Waals surface area contributed by atoms with Crippen LogP contribution in [-0.2, 0) is 22.4 Å². The largest absolute Gasteiger partial charge is 0.481 e. The van der Waals surface area contributed by atoms with Gasteiger partial charge in [0, 0.05) is 37.2 Å². The number of hydrogen-bond donors (Lipinski definition) is 3. The van der Waals surface area contributed by atoms with Gasteiger partial charge in [0.2, 0.25) is 0 Å². The Kier molecular flexibility index (Phi) is 8.67. The first-order valence-corrected chi connectivity index (χ1v) is 12.3. The van der Waals surface area contributed by atoms with Crippen molar-refractivity contribution < 1.29 is 14.6 Å². The Bertz CT molecular complexity index is 1060. The maximum absolute atomic E-state index is 11.7. The second-order valence-electron chi connectivity index (χ2n) is 8.86. The number of nitrogens with one attached hydrogen (secondary N) is 1. The highest BCUT2D eigenvalue weighted by molar-refractivity contribution is 5.95. The van der Waals surface area contributed by atoms with E-state index < -0.39 is 12.0 Å². The van der Waals surface area contributed by atoms with E-state index in [0.717, 1.165) is 73.8 Å². The van der Waals surface area contributed by atoms with Crippen LogP contribution in [0.2, 0.25) is 0 Å². The molecule has 186 valence electrons. The van der Waals surface area contributed by atoms with Gasteiger partial charge in [-0.25, -0.2) is 4.98 Å². The van der Waals surface area contributed by atoms with Crippen molar-refractivity contribution in [3.05, 3.63) is 59.7 Å².